The van der Waals surface area contributed by atoms with Crippen LogP contribution in [0.15, 0.2) is 35.2 Å². The average Bonchev–Trinajstić information content (AvgIpc) is 3.10. The van der Waals surface area contributed by atoms with Crippen LogP contribution < -0.4 is 5.32 Å². The Morgan fingerprint density at radius 1 is 1.15 bits per heavy atom. The summed E-state index contributed by atoms with van der Waals surface area (Å²) in [7, 11) is 0. The fourth-order valence-electron chi connectivity index (χ4n) is 3.78. The van der Waals surface area contributed by atoms with E-state index in [1.165, 1.54) is 32.1 Å². The van der Waals surface area contributed by atoms with Gasteiger partial charge >= 0.3 is 0 Å². The summed E-state index contributed by atoms with van der Waals surface area (Å²) < 4.78 is 5.54. The maximum Gasteiger partial charge on any atom is 0.223 e. The Labute approximate surface area is 159 Å². The molecule has 1 saturated carbocycles. The Bertz CT molecular complexity index is 900. The fraction of sp³-hybridized carbons (Fsp3) is 0.429. The van der Waals surface area contributed by atoms with Crippen LogP contribution in [0.4, 0.5) is 5.95 Å². The minimum Gasteiger partial charge on any atom is -0.360 e. The third-order valence-electron chi connectivity index (χ3n) is 5.21. The van der Waals surface area contributed by atoms with E-state index in [-0.39, 0.29) is 0 Å². The van der Waals surface area contributed by atoms with Gasteiger partial charge in [-0.15, -0.1) is 0 Å². The summed E-state index contributed by atoms with van der Waals surface area (Å²) >= 11 is 0. The van der Waals surface area contributed by atoms with Crippen molar-refractivity contribution in [1.82, 2.24) is 20.1 Å². The Hall–Kier alpha value is -2.76. The number of anilines is 1. The second-order valence-electron chi connectivity index (χ2n) is 7.09. The zero-order valence-corrected chi connectivity index (χ0v) is 15.9. The molecule has 0 amide bonds. The molecule has 6 nitrogen and oxygen atoms in total. The van der Waals surface area contributed by atoms with E-state index in [4.69, 9.17) is 9.51 Å². The molecule has 0 atom stereocenters. The van der Waals surface area contributed by atoms with Crippen molar-refractivity contribution < 1.29 is 4.52 Å². The molecule has 3 aromatic heterocycles. The summed E-state index contributed by atoms with van der Waals surface area (Å²) in [5.41, 5.74) is 4.69. The number of nitrogens with zero attached hydrogens (tertiary/aromatic N) is 4. The smallest absolute Gasteiger partial charge is 0.223 e. The van der Waals surface area contributed by atoms with E-state index in [1.54, 1.807) is 12.4 Å². The molecule has 1 aliphatic carbocycles. The van der Waals surface area contributed by atoms with Crippen molar-refractivity contribution in [2.75, 3.05) is 5.32 Å². The van der Waals surface area contributed by atoms with Crippen molar-refractivity contribution in [1.29, 1.82) is 0 Å². The van der Waals surface area contributed by atoms with Crippen LogP contribution in [0.3, 0.4) is 0 Å². The van der Waals surface area contributed by atoms with Gasteiger partial charge in [-0.05, 0) is 37.5 Å². The Kier molecular flexibility index (Phi) is 5.14. The molecule has 0 aromatic carbocycles. The standard InChI is InChI=1S/C21H25N5O/c1-3-18-19(14(2)26-27-18)20-17(15-9-11-22-12-10-15)13-23-21(25-20)24-16-7-5-4-6-8-16/h9-13,16H,3-8H2,1-2H3,(H,23,24,25). The van der Waals surface area contributed by atoms with Crippen molar-refractivity contribution in [2.45, 2.75) is 58.4 Å². The van der Waals surface area contributed by atoms with Crippen molar-refractivity contribution >= 4 is 5.95 Å². The van der Waals surface area contributed by atoms with Gasteiger partial charge in [-0.3, -0.25) is 4.98 Å². The van der Waals surface area contributed by atoms with Crippen LogP contribution in [0.5, 0.6) is 0 Å². The number of rotatable bonds is 5. The highest BCUT2D eigenvalue weighted by Gasteiger charge is 2.21. The lowest BCUT2D eigenvalue weighted by Crippen LogP contribution is -2.23. The summed E-state index contributed by atoms with van der Waals surface area (Å²) in [6.45, 7) is 4.03. The minimum absolute atomic E-state index is 0.451. The second-order valence-corrected chi connectivity index (χ2v) is 7.09. The Balaban J connectivity index is 1.79. The second kappa shape index (κ2) is 7.86. The van der Waals surface area contributed by atoms with Crippen LogP contribution in [0.2, 0.25) is 0 Å². The zero-order valence-electron chi connectivity index (χ0n) is 15.9. The first kappa shape index (κ1) is 17.6. The largest absolute Gasteiger partial charge is 0.360 e. The third kappa shape index (κ3) is 3.70. The number of pyridine rings is 1. The van der Waals surface area contributed by atoms with E-state index in [0.29, 0.717) is 12.0 Å². The predicted octanol–water partition coefficient (Wildman–Crippen LogP) is 4.81. The van der Waals surface area contributed by atoms with Crippen LogP contribution in [-0.4, -0.2) is 26.2 Å². The molecule has 0 bridgehead atoms. The molecule has 0 radical (unpaired) electrons. The molecule has 6 heteroatoms. The summed E-state index contributed by atoms with van der Waals surface area (Å²) in [6.07, 6.45) is 12.5. The number of aromatic nitrogens is 4. The maximum atomic E-state index is 5.54. The van der Waals surface area contributed by atoms with Crippen LogP contribution in [0, 0.1) is 6.92 Å². The number of hydrogen-bond acceptors (Lipinski definition) is 6. The van der Waals surface area contributed by atoms with Crippen molar-refractivity contribution in [3.63, 3.8) is 0 Å². The highest BCUT2D eigenvalue weighted by atomic mass is 16.5. The summed E-state index contributed by atoms with van der Waals surface area (Å²) in [5, 5.41) is 7.71. The van der Waals surface area contributed by atoms with Crippen LogP contribution in [-0.2, 0) is 6.42 Å². The van der Waals surface area contributed by atoms with Crippen LogP contribution in [0.1, 0.15) is 50.5 Å². The maximum absolute atomic E-state index is 5.54. The molecule has 140 valence electrons. The van der Waals surface area contributed by atoms with Gasteiger partial charge in [0.05, 0.1) is 17.0 Å². The van der Waals surface area contributed by atoms with E-state index in [1.807, 2.05) is 25.3 Å². The first-order valence-corrected chi connectivity index (χ1v) is 9.75. The van der Waals surface area contributed by atoms with Gasteiger partial charge in [-0.1, -0.05) is 31.3 Å². The molecule has 4 rings (SSSR count). The summed E-state index contributed by atoms with van der Waals surface area (Å²) in [6, 6.07) is 4.41. The molecule has 1 aliphatic rings. The van der Waals surface area contributed by atoms with Crippen molar-refractivity contribution in [3.05, 3.63) is 42.2 Å². The van der Waals surface area contributed by atoms with Gasteiger partial charge in [0.15, 0.2) is 0 Å². The number of hydrogen-bond donors (Lipinski definition) is 1. The fourth-order valence-corrected chi connectivity index (χ4v) is 3.78. The van der Waals surface area contributed by atoms with Gasteiger partial charge in [-0.25, -0.2) is 9.97 Å². The lowest BCUT2D eigenvalue weighted by atomic mass is 9.95. The predicted molar refractivity (Wildman–Crippen MR) is 105 cm³/mol. The minimum atomic E-state index is 0.451. The number of nitrogens with one attached hydrogen (secondary N) is 1. The molecule has 3 aromatic rings. The quantitative estimate of drug-likeness (QED) is 0.701. The molecular weight excluding hydrogens is 338 g/mol. The Morgan fingerprint density at radius 2 is 1.93 bits per heavy atom. The molecule has 0 unspecified atom stereocenters. The monoisotopic (exact) mass is 363 g/mol. The first-order chi connectivity index (χ1) is 13.3. The summed E-state index contributed by atoms with van der Waals surface area (Å²) in [5.74, 6) is 1.53. The van der Waals surface area contributed by atoms with E-state index in [9.17, 15) is 0 Å². The molecule has 3 heterocycles. The van der Waals surface area contributed by atoms with E-state index in [2.05, 4.69) is 27.4 Å². The molecule has 0 aliphatic heterocycles. The lowest BCUT2D eigenvalue weighted by Gasteiger charge is -2.23. The molecule has 1 fully saturated rings. The Morgan fingerprint density at radius 3 is 2.67 bits per heavy atom. The van der Waals surface area contributed by atoms with Gasteiger partial charge < -0.3 is 9.84 Å². The molecular formula is C21H25N5O. The van der Waals surface area contributed by atoms with Crippen LogP contribution >= 0.6 is 0 Å². The molecule has 1 N–H and O–H groups in total. The van der Waals surface area contributed by atoms with Gasteiger partial charge in [0.2, 0.25) is 5.95 Å². The third-order valence-corrected chi connectivity index (χ3v) is 5.21. The summed E-state index contributed by atoms with van der Waals surface area (Å²) in [4.78, 5) is 13.6. The highest BCUT2D eigenvalue weighted by molar-refractivity contribution is 5.82. The van der Waals surface area contributed by atoms with Crippen molar-refractivity contribution in [2.24, 2.45) is 0 Å². The zero-order chi connectivity index (χ0) is 18.6. The normalized spacial score (nSPS) is 15.0. The molecule has 0 spiro atoms. The molecule has 27 heavy (non-hydrogen) atoms. The SMILES string of the molecule is CCc1onc(C)c1-c1nc(NC2CCCCC2)ncc1-c1ccncc1. The van der Waals surface area contributed by atoms with Gasteiger partial charge in [0.1, 0.15) is 5.76 Å². The van der Waals surface area contributed by atoms with Gasteiger partial charge in [0, 0.05) is 36.6 Å². The van der Waals surface area contributed by atoms with Crippen molar-refractivity contribution in [3.8, 4) is 22.4 Å². The molecule has 0 saturated heterocycles. The number of aryl methyl sites for hydroxylation is 2. The highest BCUT2D eigenvalue weighted by Crippen LogP contribution is 2.35. The van der Waals surface area contributed by atoms with Gasteiger partial charge in [-0.2, -0.15) is 0 Å². The average molecular weight is 363 g/mol. The van der Waals surface area contributed by atoms with Gasteiger partial charge in [0.25, 0.3) is 0 Å². The van der Waals surface area contributed by atoms with E-state index >= 15 is 0 Å². The topological polar surface area (TPSA) is 76.7 Å². The van der Waals surface area contributed by atoms with E-state index < -0.39 is 0 Å². The van der Waals surface area contributed by atoms with E-state index in [0.717, 1.165) is 40.3 Å². The van der Waals surface area contributed by atoms with Crippen LogP contribution in [0.25, 0.3) is 22.4 Å². The first-order valence-electron chi connectivity index (χ1n) is 9.75. The lowest BCUT2D eigenvalue weighted by molar-refractivity contribution is 0.383.